The summed E-state index contributed by atoms with van der Waals surface area (Å²) >= 11 is 0. The van der Waals surface area contributed by atoms with Gasteiger partial charge in [-0.25, -0.2) is 0 Å². The normalized spacial score (nSPS) is 10.3. The Labute approximate surface area is 91.7 Å². The van der Waals surface area contributed by atoms with E-state index in [9.17, 15) is 0 Å². The van der Waals surface area contributed by atoms with Crippen molar-refractivity contribution in [1.29, 1.82) is 0 Å². The summed E-state index contributed by atoms with van der Waals surface area (Å²) in [5.74, 6) is 0. The van der Waals surface area contributed by atoms with Crippen LogP contribution in [0.5, 0.6) is 0 Å². The van der Waals surface area contributed by atoms with Gasteiger partial charge in [-0.1, -0.05) is 28.7 Å². The molecule has 90 valence electrons. The summed E-state index contributed by atoms with van der Waals surface area (Å²) in [7, 11) is 6.43. The van der Waals surface area contributed by atoms with Gasteiger partial charge in [-0.3, -0.25) is 14.7 Å². The fraction of sp³-hybridized carbons (Fsp3) is 1.00. The van der Waals surface area contributed by atoms with Crippen LogP contribution >= 0.6 is 0 Å². The second-order valence-corrected chi connectivity index (χ2v) is 3.48. The molecule has 3 nitrogen and oxygen atoms in total. The van der Waals surface area contributed by atoms with E-state index < -0.39 is 0 Å². The second-order valence-electron chi connectivity index (χ2n) is 3.48. The summed E-state index contributed by atoms with van der Waals surface area (Å²) in [5.41, 5.74) is 0. The van der Waals surface area contributed by atoms with Crippen molar-refractivity contribution in [3.05, 3.63) is 0 Å². The van der Waals surface area contributed by atoms with Crippen LogP contribution in [0.4, 0.5) is 0 Å². The van der Waals surface area contributed by atoms with Gasteiger partial charge < -0.3 is 0 Å². The third-order valence-corrected chi connectivity index (χ3v) is 2.05. The maximum absolute atomic E-state index is 2.31. The summed E-state index contributed by atoms with van der Waals surface area (Å²) in [5, 5.41) is 0. The molecule has 0 amide bonds. The van der Waals surface area contributed by atoms with Crippen molar-refractivity contribution in [3.63, 3.8) is 0 Å². The third-order valence-electron chi connectivity index (χ3n) is 2.05. The Bertz CT molecular complexity index is 94.7. The molecule has 0 spiro atoms. The molecule has 0 saturated carbocycles. The summed E-state index contributed by atoms with van der Waals surface area (Å²) in [6, 6.07) is 0. The monoisotopic (exact) mass is 205 g/mol. The summed E-state index contributed by atoms with van der Waals surface area (Å²) in [4.78, 5) is 6.90. The van der Waals surface area contributed by atoms with Crippen molar-refractivity contribution >= 4 is 0 Å². The van der Waals surface area contributed by atoms with E-state index >= 15 is 0 Å². The van der Waals surface area contributed by atoms with Gasteiger partial charge in [0.1, 0.15) is 0 Å². The van der Waals surface area contributed by atoms with Crippen LogP contribution in [-0.4, -0.2) is 62.3 Å². The molecule has 0 atom stereocenters. The van der Waals surface area contributed by atoms with Crippen molar-refractivity contribution in [2.45, 2.75) is 28.7 Å². The third kappa shape index (κ3) is 9.96. The van der Waals surface area contributed by atoms with Crippen LogP contribution in [0.15, 0.2) is 0 Å². The van der Waals surface area contributed by atoms with E-state index in [0.29, 0.717) is 0 Å². The van der Waals surface area contributed by atoms with E-state index in [2.05, 4.69) is 49.7 Å². The fourth-order valence-electron chi connectivity index (χ4n) is 1.07. The van der Waals surface area contributed by atoms with Crippen LogP contribution in [0.25, 0.3) is 0 Å². The maximum Gasteiger partial charge on any atom is 0.0512 e. The topological polar surface area (TPSA) is 9.72 Å². The Balaban J connectivity index is -0.000000605. The molecule has 0 fully saturated rings. The minimum absolute atomic E-state index is 0. The van der Waals surface area contributed by atoms with E-state index in [1.807, 2.05) is 0 Å². The first kappa shape index (κ1) is 19.5. The average Bonchev–Trinajstić information content (AvgIpc) is 2.03. The Morgan fingerprint density at radius 2 is 0.929 bits per heavy atom. The lowest BCUT2D eigenvalue weighted by molar-refractivity contribution is 0.124. The predicted octanol–water partition coefficient (Wildman–Crippen LogP) is 2.01. The second kappa shape index (κ2) is 11.0. The minimum Gasteiger partial charge on any atom is -0.294 e. The molecule has 0 aliphatic rings. The summed E-state index contributed by atoms with van der Waals surface area (Å²) < 4.78 is 0. The van der Waals surface area contributed by atoms with Gasteiger partial charge in [-0.2, -0.15) is 0 Å². The smallest absolute Gasteiger partial charge is 0.0512 e. The van der Waals surface area contributed by atoms with E-state index in [0.717, 1.165) is 26.4 Å². The van der Waals surface area contributed by atoms with Crippen LogP contribution in [-0.2, 0) is 0 Å². The van der Waals surface area contributed by atoms with Gasteiger partial charge in [0.05, 0.1) is 13.3 Å². The zero-order chi connectivity index (χ0) is 9.56. The molecule has 0 heterocycles. The van der Waals surface area contributed by atoms with Crippen LogP contribution in [0.3, 0.4) is 0 Å². The molecule has 0 aliphatic heterocycles. The van der Waals surface area contributed by atoms with Crippen molar-refractivity contribution in [1.82, 2.24) is 14.7 Å². The standard InChI is InChI=1S/C9H23N3.2CH4/c1-6-10(3)8-12(5)9-11(4)7-2;;/h6-9H2,1-5H3;2*1H4. The zero-order valence-electron chi connectivity index (χ0n) is 9.17. The van der Waals surface area contributed by atoms with E-state index in [1.54, 1.807) is 0 Å². The first-order valence-corrected chi connectivity index (χ1v) is 4.65. The van der Waals surface area contributed by atoms with Crippen LogP contribution in [0.1, 0.15) is 28.7 Å². The summed E-state index contributed by atoms with van der Waals surface area (Å²) in [6.45, 7) is 8.66. The molecular weight excluding hydrogens is 174 g/mol. The number of rotatable bonds is 6. The van der Waals surface area contributed by atoms with Gasteiger partial charge in [-0.15, -0.1) is 0 Å². The lowest BCUT2D eigenvalue weighted by Crippen LogP contribution is -2.39. The maximum atomic E-state index is 2.31. The quantitative estimate of drug-likeness (QED) is 0.614. The molecule has 0 radical (unpaired) electrons. The molecule has 0 rings (SSSR count). The molecule has 0 aromatic heterocycles. The van der Waals surface area contributed by atoms with Gasteiger partial charge in [0, 0.05) is 0 Å². The van der Waals surface area contributed by atoms with E-state index in [-0.39, 0.29) is 14.9 Å². The number of hydrogen-bond donors (Lipinski definition) is 0. The molecule has 0 bridgehead atoms. The van der Waals surface area contributed by atoms with Gasteiger partial charge >= 0.3 is 0 Å². The number of hydrogen-bond acceptors (Lipinski definition) is 3. The molecule has 0 aliphatic carbocycles. The van der Waals surface area contributed by atoms with Crippen LogP contribution in [0.2, 0.25) is 0 Å². The van der Waals surface area contributed by atoms with Crippen molar-refractivity contribution in [3.8, 4) is 0 Å². The van der Waals surface area contributed by atoms with Crippen molar-refractivity contribution < 1.29 is 0 Å². The van der Waals surface area contributed by atoms with Gasteiger partial charge in [0.25, 0.3) is 0 Å². The highest BCUT2D eigenvalue weighted by Crippen LogP contribution is 1.90. The molecule has 14 heavy (non-hydrogen) atoms. The molecule has 0 aromatic rings. The molecular formula is C11H31N3. The van der Waals surface area contributed by atoms with Crippen molar-refractivity contribution in [2.75, 3.05) is 47.6 Å². The average molecular weight is 205 g/mol. The van der Waals surface area contributed by atoms with E-state index in [4.69, 9.17) is 0 Å². The first-order chi connectivity index (χ1) is 5.60. The minimum atomic E-state index is 0. The van der Waals surface area contributed by atoms with Gasteiger partial charge in [0.15, 0.2) is 0 Å². The van der Waals surface area contributed by atoms with E-state index in [1.165, 1.54) is 0 Å². The van der Waals surface area contributed by atoms with Crippen LogP contribution < -0.4 is 0 Å². The predicted molar refractivity (Wildman–Crippen MR) is 67.6 cm³/mol. The fourth-order valence-corrected chi connectivity index (χ4v) is 1.07. The summed E-state index contributed by atoms with van der Waals surface area (Å²) in [6.07, 6.45) is 0. The van der Waals surface area contributed by atoms with Gasteiger partial charge in [0.2, 0.25) is 0 Å². The van der Waals surface area contributed by atoms with Gasteiger partial charge in [-0.05, 0) is 34.2 Å². The molecule has 0 unspecified atom stereocenters. The Kier molecular flexibility index (Phi) is 15.2. The Morgan fingerprint density at radius 1 is 0.643 bits per heavy atom. The molecule has 3 heteroatoms. The molecule has 0 N–H and O–H groups in total. The lowest BCUT2D eigenvalue weighted by Gasteiger charge is -2.27. The Morgan fingerprint density at radius 3 is 1.14 bits per heavy atom. The lowest BCUT2D eigenvalue weighted by atomic mass is 10.6. The highest BCUT2D eigenvalue weighted by molar-refractivity contribution is 4.50. The zero-order valence-corrected chi connectivity index (χ0v) is 9.17. The first-order valence-electron chi connectivity index (χ1n) is 4.65. The highest BCUT2D eigenvalue weighted by Gasteiger charge is 2.02. The largest absolute Gasteiger partial charge is 0.294 e. The molecule has 0 saturated heterocycles. The molecule has 0 aromatic carbocycles. The SMILES string of the molecule is C.C.CCN(C)CN(C)CN(C)CC. The van der Waals surface area contributed by atoms with Crippen LogP contribution in [0, 0.1) is 0 Å². The van der Waals surface area contributed by atoms with Crippen molar-refractivity contribution in [2.24, 2.45) is 0 Å². The Hall–Kier alpha value is -0.120. The number of nitrogens with zero attached hydrogens (tertiary/aromatic N) is 3. The highest BCUT2D eigenvalue weighted by atomic mass is 15.4.